The number of H-pyrrole nitrogens is 1. The lowest BCUT2D eigenvalue weighted by atomic mass is 10.2. The number of esters is 1. The maximum atomic E-state index is 12.0. The van der Waals surface area contributed by atoms with Crippen LogP contribution in [0.15, 0.2) is 12.3 Å². The SMILES string of the molecule is CCCCOC(=O)c1cc[nH]c1O[Si](C)(C)C(C)(C)C. The molecule has 0 atom stereocenters. The van der Waals surface area contributed by atoms with E-state index < -0.39 is 8.32 Å². The van der Waals surface area contributed by atoms with Crippen LogP contribution in [0.1, 0.15) is 50.9 Å². The molecule has 0 amide bonds. The predicted molar refractivity (Wildman–Crippen MR) is 83.8 cm³/mol. The van der Waals surface area contributed by atoms with Crippen LogP contribution in [0.2, 0.25) is 18.1 Å². The zero-order valence-corrected chi connectivity index (χ0v) is 14.5. The molecule has 5 heteroatoms. The quantitative estimate of drug-likeness (QED) is 0.482. The minimum absolute atomic E-state index is 0.0848. The van der Waals surface area contributed by atoms with E-state index in [1.165, 1.54) is 0 Å². The van der Waals surface area contributed by atoms with E-state index in [0.717, 1.165) is 12.8 Å². The van der Waals surface area contributed by atoms with Crippen molar-refractivity contribution in [2.24, 2.45) is 0 Å². The van der Waals surface area contributed by atoms with Gasteiger partial charge in [-0.1, -0.05) is 34.1 Å². The summed E-state index contributed by atoms with van der Waals surface area (Å²) in [6.45, 7) is 13.3. The van der Waals surface area contributed by atoms with Crippen LogP contribution >= 0.6 is 0 Å². The van der Waals surface area contributed by atoms with Gasteiger partial charge in [0.2, 0.25) is 0 Å². The van der Waals surface area contributed by atoms with Crippen molar-refractivity contribution >= 4 is 14.3 Å². The van der Waals surface area contributed by atoms with Crippen LogP contribution in [0.5, 0.6) is 5.88 Å². The molecule has 0 unspecified atom stereocenters. The lowest BCUT2D eigenvalue weighted by molar-refractivity contribution is 0.0497. The molecule has 0 fully saturated rings. The Morgan fingerprint density at radius 1 is 1.35 bits per heavy atom. The van der Waals surface area contributed by atoms with Crippen LogP contribution in [0.3, 0.4) is 0 Å². The van der Waals surface area contributed by atoms with Crippen LogP contribution in [0.25, 0.3) is 0 Å². The number of ether oxygens (including phenoxy) is 1. The monoisotopic (exact) mass is 297 g/mol. The number of hydrogen-bond acceptors (Lipinski definition) is 3. The molecule has 1 rings (SSSR count). The van der Waals surface area contributed by atoms with Gasteiger partial charge in [-0.2, -0.15) is 0 Å². The van der Waals surface area contributed by atoms with E-state index in [1.54, 1.807) is 12.3 Å². The van der Waals surface area contributed by atoms with Crippen molar-refractivity contribution in [2.45, 2.75) is 58.7 Å². The maximum Gasteiger partial charge on any atom is 0.343 e. The molecule has 0 aliphatic rings. The van der Waals surface area contributed by atoms with Gasteiger partial charge in [0.25, 0.3) is 8.32 Å². The largest absolute Gasteiger partial charge is 0.531 e. The van der Waals surface area contributed by atoms with Gasteiger partial charge in [0, 0.05) is 6.20 Å². The second-order valence-electron chi connectivity index (χ2n) is 6.57. The molecule has 1 aromatic rings. The molecule has 0 saturated heterocycles. The molecule has 0 aromatic carbocycles. The zero-order chi connectivity index (χ0) is 15.4. The number of carbonyl (C=O) groups excluding carboxylic acids is 1. The van der Waals surface area contributed by atoms with Gasteiger partial charge in [-0.3, -0.25) is 0 Å². The molecule has 0 spiro atoms. The average molecular weight is 297 g/mol. The van der Waals surface area contributed by atoms with E-state index in [4.69, 9.17) is 9.16 Å². The van der Waals surface area contributed by atoms with E-state index in [1.807, 2.05) is 0 Å². The van der Waals surface area contributed by atoms with Gasteiger partial charge < -0.3 is 14.1 Å². The summed E-state index contributed by atoms with van der Waals surface area (Å²) in [5.74, 6) is 0.228. The predicted octanol–water partition coefficient (Wildman–Crippen LogP) is 4.36. The van der Waals surface area contributed by atoms with Gasteiger partial charge in [-0.25, -0.2) is 4.79 Å². The third kappa shape index (κ3) is 4.13. The van der Waals surface area contributed by atoms with E-state index in [9.17, 15) is 4.79 Å². The number of unbranched alkanes of at least 4 members (excludes halogenated alkanes) is 1. The zero-order valence-electron chi connectivity index (χ0n) is 13.5. The van der Waals surface area contributed by atoms with E-state index in [2.05, 4.69) is 45.8 Å². The van der Waals surface area contributed by atoms with Crippen LogP contribution in [-0.2, 0) is 4.74 Å². The van der Waals surface area contributed by atoms with E-state index in [-0.39, 0.29) is 11.0 Å². The first kappa shape index (κ1) is 16.8. The second-order valence-corrected chi connectivity index (χ2v) is 11.3. The minimum atomic E-state index is -1.96. The van der Waals surface area contributed by atoms with Gasteiger partial charge >= 0.3 is 5.97 Å². The number of carbonyl (C=O) groups is 1. The molecule has 1 N–H and O–H groups in total. The Morgan fingerprint density at radius 3 is 2.55 bits per heavy atom. The highest BCUT2D eigenvalue weighted by Crippen LogP contribution is 2.37. The molecule has 0 bridgehead atoms. The van der Waals surface area contributed by atoms with Gasteiger partial charge in [-0.05, 0) is 30.6 Å². The summed E-state index contributed by atoms with van der Waals surface area (Å²) in [7, 11) is -1.96. The van der Waals surface area contributed by atoms with Crippen molar-refractivity contribution in [1.82, 2.24) is 4.98 Å². The molecule has 0 radical (unpaired) electrons. The van der Waals surface area contributed by atoms with E-state index in [0.29, 0.717) is 18.1 Å². The highest BCUT2D eigenvalue weighted by atomic mass is 28.4. The second kappa shape index (κ2) is 6.48. The topological polar surface area (TPSA) is 51.3 Å². The molecule has 1 aromatic heterocycles. The third-order valence-corrected chi connectivity index (χ3v) is 8.15. The Balaban J connectivity index is 2.79. The van der Waals surface area contributed by atoms with Crippen LogP contribution in [0.4, 0.5) is 0 Å². The number of rotatable bonds is 6. The summed E-state index contributed by atoms with van der Waals surface area (Å²) in [5, 5.41) is 0.0848. The molecule has 114 valence electrons. The number of aromatic amines is 1. The first-order chi connectivity index (χ1) is 9.19. The van der Waals surface area contributed by atoms with Crippen LogP contribution in [-0.4, -0.2) is 25.9 Å². The Morgan fingerprint density at radius 2 is 2.00 bits per heavy atom. The van der Waals surface area contributed by atoms with Crippen molar-refractivity contribution in [3.8, 4) is 5.88 Å². The highest BCUT2D eigenvalue weighted by molar-refractivity contribution is 6.74. The summed E-state index contributed by atoms with van der Waals surface area (Å²) >= 11 is 0. The smallest absolute Gasteiger partial charge is 0.343 e. The van der Waals surface area contributed by atoms with Crippen molar-refractivity contribution < 1.29 is 14.0 Å². The molecular weight excluding hydrogens is 270 g/mol. The van der Waals surface area contributed by atoms with Crippen LogP contribution in [0, 0.1) is 0 Å². The molecule has 4 nitrogen and oxygen atoms in total. The fourth-order valence-corrected chi connectivity index (χ4v) is 2.38. The van der Waals surface area contributed by atoms with Crippen molar-refractivity contribution in [3.05, 3.63) is 17.8 Å². The summed E-state index contributed by atoms with van der Waals surface area (Å²) in [6.07, 6.45) is 3.61. The van der Waals surface area contributed by atoms with E-state index >= 15 is 0 Å². The summed E-state index contributed by atoms with van der Waals surface area (Å²) in [6, 6.07) is 1.72. The van der Waals surface area contributed by atoms with Crippen molar-refractivity contribution in [3.63, 3.8) is 0 Å². The molecule has 0 aliphatic carbocycles. The lowest BCUT2D eigenvalue weighted by Crippen LogP contribution is -2.44. The first-order valence-electron chi connectivity index (χ1n) is 7.22. The summed E-state index contributed by atoms with van der Waals surface area (Å²) in [4.78, 5) is 15.0. The minimum Gasteiger partial charge on any atom is -0.531 e. The van der Waals surface area contributed by atoms with Gasteiger partial charge in [0.05, 0.1) is 6.61 Å². The summed E-state index contributed by atoms with van der Waals surface area (Å²) in [5.41, 5.74) is 0.492. The van der Waals surface area contributed by atoms with Gasteiger partial charge in [0.15, 0.2) is 5.88 Å². The Bertz CT molecular complexity index is 446. The normalized spacial score (nSPS) is 12.3. The van der Waals surface area contributed by atoms with Gasteiger partial charge in [-0.15, -0.1) is 0 Å². The lowest BCUT2D eigenvalue weighted by Gasteiger charge is -2.36. The number of aromatic nitrogens is 1. The van der Waals surface area contributed by atoms with Crippen LogP contribution < -0.4 is 4.43 Å². The number of hydrogen-bond donors (Lipinski definition) is 1. The molecule has 0 aliphatic heterocycles. The summed E-state index contributed by atoms with van der Waals surface area (Å²) < 4.78 is 11.4. The standard InChI is InChI=1S/C15H27NO3Si/c1-7-8-11-18-14(17)12-9-10-16-13(12)19-20(5,6)15(2,3)4/h9-10,16H,7-8,11H2,1-6H3. The fraction of sp³-hybridized carbons (Fsp3) is 0.667. The molecule has 0 saturated carbocycles. The fourth-order valence-electron chi connectivity index (χ4n) is 1.39. The third-order valence-electron chi connectivity index (χ3n) is 3.82. The van der Waals surface area contributed by atoms with Crippen molar-refractivity contribution in [1.29, 1.82) is 0 Å². The highest BCUT2D eigenvalue weighted by Gasteiger charge is 2.40. The van der Waals surface area contributed by atoms with Gasteiger partial charge in [0.1, 0.15) is 5.56 Å². The molecule has 20 heavy (non-hydrogen) atoms. The first-order valence-corrected chi connectivity index (χ1v) is 10.1. The Labute approximate surface area is 123 Å². The van der Waals surface area contributed by atoms with Crippen molar-refractivity contribution in [2.75, 3.05) is 6.61 Å². The Kier molecular flexibility index (Phi) is 5.45. The Hall–Kier alpha value is -1.23. The average Bonchev–Trinajstić information content (AvgIpc) is 2.75. The number of nitrogens with one attached hydrogen (secondary N) is 1. The molecular formula is C15H27NO3Si. The molecule has 1 heterocycles. The maximum absolute atomic E-state index is 12.0.